The van der Waals surface area contributed by atoms with Crippen LogP contribution in [-0.4, -0.2) is 11.2 Å². The molecule has 31 heavy (non-hydrogen) atoms. The lowest BCUT2D eigenvalue weighted by atomic mass is 9.47. The quantitative estimate of drug-likeness (QED) is 0.423. The Morgan fingerprint density at radius 2 is 1.87 bits per heavy atom. The fourth-order valence-corrected chi connectivity index (χ4v) is 9.10. The molecule has 0 radical (unpaired) electrons. The zero-order valence-corrected chi connectivity index (χ0v) is 21.4. The van der Waals surface area contributed by atoms with E-state index in [1.165, 1.54) is 57.8 Å². The number of allylic oxidation sites excluding steroid dienone is 3. The molecular formula is C30H50O. The van der Waals surface area contributed by atoms with Gasteiger partial charge in [0.25, 0.3) is 0 Å². The zero-order valence-electron chi connectivity index (χ0n) is 21.4. The van der Waals surface area contributed by atoms with Crippen LogP contribution >= 0.6 is 0 Å². The first-order valence-corrected chi connectivity index (χ1v) is 13.8. The summed E-state index contributed by atoms with van der Waals surface area (Å²) in [4.78, 5) is 0. The van der Waals surface area contributed by atoms with Crippen LogP contribution in [0.3, 0.4) is 0 Å². The Hall–Kier alpha value is -0.560. The highest BCUT2D eigenvalue weighted by Crippen LogP contribution is 2.67. The van der Waals surface area contributed by atoms with Gasteiger partial charge in [-0.05, 0) is 117 Å². The van der Waals surface area contributed by atoms with E-state index in [0.717, 1.165) is 42.4 Å². The van der Waals surface area contributed by atoms with Crippen molar-refractivity contribution in [2.24, 2.45) is 46.3 Å². The van der Waals surface area contributed by atoms with Crippen molar-refractivity contribution >= 4 is 0 Å². The van der Waals surface area contributed by atoms with Crippen LogP contribution < -0.4 is 0 Å². The lowest BCUT2D eigenvalue weighted by Crippen LogP contribution is -2.50. The lowest BCUT2D eigenvalue weighted by molar-refractivity contribution is -0.0571. The number of hydrogen-bond donors (Lipinski definition) is 1. The van der Waals surface area contributed by atoms with Gasteiger partial charge in [0.1, 0.15) is 0 Å². The molecule has 0 aliphatic heterocycles. The molecule has 4 aliphatic rings. The number of rotatable bonds is 6. The first-order valence-electron chi connectivity index (χ1n) is 13.8. The standard InChI is InChI=1S/C30H50O/c1-7-8-22(20(2)3)10-9-21(4)26-13-14-27-25-12-11-23-19-24(31)15-17-29(23,5)28(25)16-18-30(26,27)6/h8,11,20-21,24-28,31H,7,9-10,12-19H2,1-6H3/b22-8+/t21-,24+,25?,26-,27?,28?,29+,30-/m1/s1. The fourth-order valence-electron chi connectivity index (χ4n) is 9.10. The van der Waals surface area contributed by atoms with Crippen LogP contribution in [0.5, 0.6) is 0 Å². The van der Waals surface area contributed by atoms with Gasteiger partial charge in [0, 0.05) is 0 Å². The van der Waals surface area contributed by atoms with E-state index in [2.05, 4.69) is 53.7 Å². The first-order chi connectivity index (χ1) is 14.7. The van der Waals surface area contributed by atoms with E-state index in [1.807, 2.05) is 0 Å². The molecule has 4 aliphatic carbocycles. The lowest BCUT2D eigenvalue weighted by Gasteiger charge is -2.58. The SMILES string of the molecule is CC/C=C(\CC[C@@H](C)[C@H]1CCC2C3CC=C4C[C@@H](O)CC[C@]4(C)C3CC[C@@]21C)C(C)C. The Bertz CT molecular complexity index is 701. The number of aliphatic hydroxyl groups excluding tert-OH is 1. The average Bonchev–Trinajstić information content (AvgIpc) is 3.08. The molecule has 176 valence electrons. The first kappa shape index (κ1) is 23.6. The van der Waals surface area contributed by atoms with Crippen molar-refractivity contribution in [3.8, 4) is 0 Å². The third-order valence-electron chi connectivity index (χ3n) is 10.9. The predicted octanol–water partition coefficient (Wildman–Crippen LogP) is 8.34. The summed E-state index contributed by atoms with van der Waals surface area (Å²) in [6.45, 7) is 14.9. The maximum Gasteiger partial charge on any atom is 0.0577 e. The van der Waals surface area contributed by atoms with Crippen molar-refractivity contribution < 1.29 is 5.11 Å². The van der Waals surface area contributed by atoms with Gasteiger partial charge in [-0.3, -0.25) is 0 Å². The Morgan fingerprint density at radius 3 is 2.58 bits per heavy atom. The molecule has 4 rings (SSSR count). The van der Waals surface area contributed by atoms with E-state index in [0.29, 0.717) is 16.7 Å². The van der Waals surface area contributed by atoms with Crippen molar-refractivity contribution in [3.05, 3.63) is 23.3 Å². The molecule has 1 heteroatoms. The largest absolute Gasteiger partial charge is 0.393 e. The normalized spacial score (nSPS) is 43.8. The predicted molar refractivity (Wildman–Crippen MR) is 133 cm³/mol. The summed E-state index contributed by atoms with van der Waals surface area (Å²) in [7, 11) is 0. The van der Waals surface area contributed by atoms with Crippen molar-refractivity contribution in [2.75, 3.05) is 0 Å². The van der Waals surface area contributed by atoms with Crippen molar-refractivity contribution in [1.29, 1.82) is 0 Å². The van der Waals surface area contributed by atoms with Gasteiger partial charge in [0.15, 0.2) is 0 Å². The Labute approximate surface area is 193 Å². The van der Waals surface area contributed by atoms with E-state index >= 15 is 0 Å². The second-order valence-corrected chi connectivity index (χ2v) is 12.7. The van der Waals surface area contributed by atoms with E-state index < -0.39 is 0 Å². The van der Waals surface area contributed by atoms with Crippen LogP contribution in [0.4, 0.5) is 0 Å². The molecule has 0 saturated heterocycles. The van der Waals surface area contributed by atoms with Gasteiger partial charge < -0.3 is 5.11 Å². The van der Waals surface area contributed by atoms with Crippen LogP contribution in [-0.2, 0) is 0 Å². The number of aliphatic hydroxyl groups is 1. The van der Waals surface area contributed by atoms with Gasteiger partial charge in [0.2, 0.25) is 0 Å². The van der Waals surface area contributed by atoms with Crippen molar-refractivity contribution in [2.45, 2.75) is 118 Å². The maximum absolute atomic E-state index is 10.3. The Morgan fingerprint density at radius 1 is 1.10 bits per heavy atom. The van der Waals surface area contributed by atoms with E-state index in [-0.39, 0.29) is 6.10 Å². The monoisotopic (exact) mass is 426 g/mol. The van der Waals surface area contributed by atoms with Crippen LogP contribution in [0.1, 0.15) is 112 Å². The molecule has 0 spiro atoms. The second kappa shape index (κ2) is 9.00. The third-order valence-corrected chi connectivity index (χ3v) is 10.9. The number of fused-ring (bicyclic) bond motifs is 5. The molecule has 0 aromatic carbocycles. The molecule has 1 nitrogen and oxygen atoms in total. The summed E-state index contributed by atoms with van der Waals surface area (Å²) in [6, 6.07) is 0. The highest BCUT2D eigenvalue weighted by atomic mass is 16.3. The molecule has 0 aromatic rings. The summed E-state index contributed by atoms with van der Waals surface area (Å²) in [5.41, 5.74) is 4.24. The summed E-state index contributed by atoms with van der Waals surface area (Å²) < 4.78 is 0. The molecule has 3 saturated carbocycles. The van der Waals surface area contributed by atoms with Crippen LogP contribution in [0.15, 0.2) is 23.3 Å². The highest BCUT2D eigenvalue weighted by Gasteiger charge is 2.59. The van der Waals surface area contributed by atoms with Crippen molar-refractivity contribution in [3.63, 3.8) is 0 Å². The molecule has 0 heterocycles. The minimum Gasteiger partial charge on any atom is -0.393 e. The smallest absolute Gasteiger partial charge is 0.0577 e. The van der Waals surface area contributed by atoms with Gasteiger partial charge in [-0.1, -0.05) is 64.8 Å². The zero-order chi connectivity index (χ0) is 22.4. The molecule has 3 fully saturated rings. The van der Waals surface area contributed by atoms with Gasteiger partial charge in [0.05, 0.1) is 6.10 Å². The molecule has 1 N–H and O–H groups in total. The molecule has 0 aromatic heterocycles. The Balaban J connectivity index is 1.47. The minimum absolute atomic E-state index is 0.0843. The van der Waals surface area contributed by atoms with E-state index in [1.54, 1.807) is 11.1 Å². The number of hydrogen-bond acceptors (Lipinski definition) is 1. The fraction of sp³-hybridized carbons (Fsp3) is 0.867. The average molecular weight is 427 g/mol. The molecule has 0 amide bonds. The maximum atomic E-state index is 10.3. The van der Waals surface area contributed by atoms with E-state index in [4.69, 9.17) is 0 Å². The summed E-state index contributed by atoms with van der Waals surface area (Å²) in [5, 5.41) is 10.3. The van der Waals surface area contributed by atoms with Crippen LogP contribution in [0, 0.1) is 46.3 Å². The van der Waals surface area contributed by atoms with Gasteiger partial charge in [-0.25, -0.2) is 0 Å². The summed E-state index contributed by atoms with van der Waals surface area (Å²) in [5.74, 6) is 5.15. The molecule has 0 bridgehead atoms. The molecule has 3 unspecified atom stereocenters. The van der Waals surface area contributed by atoms with E-state index in [9.17, 15) is 5.11 Å². The van der Waals surface area contributed by atoms with Crippen molar-refractivity contribution in [1.82, 2.24) is 0 Å². The molecular weight excluding hydrogens is 376 g/mol. The van der Waals surface area contributed by atoms with Gasteiger partial charge in [-0.15, -0.1) is 0 Å². The van der Waals surface area contributed by atoms with Gasteiger partial charge >= 0.3 is 0 Å². The summed E-state index contributed by atoms with van der Waals surface area (Å²) in [6.07, 6.45) is 19.2. The van der Waals surface area contributed by atoms with Crippen LogP contribution in [0.2, 0.25) is 0 Å². The topological polar surface area (TPSA) is 20.2 Å². The van der Waals surface area contributed by atoms with Gasteiger partial charge in [-0.2, -0.15) is 0 Å². The Kier molecular flexibility index (Phi) is 6.85. The summed E-state index contributed by atoms with van der Waals surface area (Å²) >= 11 is 0. The highest BCUT2D eigenvalue weighted by molar-refractivity contribution is 5.25. The molecule has 8 atom stereocenters. The third kappa shape index (κ3) is 4.11. The minimum atomic E-state index is -0.0843. The second-order valence-electron chi connectivity index (χ2n) is 12.7. The van der Waals surface area contributed by atoms with Crippen LogP contribution in [0.25, 0.3) is 0 Å².